The highest BCUT2D eigenvalue weighted by atomic mass is 19.2. The number of carbonyl (C=O) groups is 2. The highest BCUT2D eigenvalue weighted by Crippen LogP contribution is 2.33. The summed E-state index contributed by atoms with van der Waals surface area (Å²) in [4.78, 5) is 24.7. The van der Waals surface area contributed by atoms with Gasteiger partial charge in [-0.3, -0.25) is 0 Å². The number of rotatable bonds is 4. The van der Waals surface area contributed by atoms with Crippen LogP contribution in [0.25, 0.3) is 21.5 Å². The van der Waals surface area contributed by atoms with Gasteiger partial charge in [-0.05, 0) is 45.8 Å². The topological polar surface area (TPSA) is 52.6 Å². The first-order chi connectivity index (χ1) is 19.8. The summed E-state index contributed by atoms with van der Waals surface area (Å²) >= 11 is 0. The van der Waals surface area contributed by atoms with E-state index in [-0.39, 0.29) is 10.8 Å². The summed E-state index contributed by atoms with van der Waals surface area (Å²) in [5.41, 5.74) is -3.68. The van der Waals surface area contributed by atoms with Crippen LogP contribution in [-0.4, -0.2) is 11.9 Å². The molecule has 214 valence electrons. The van der Waals surface area contributed by atoms with Crippen LogP contribution < -0.4 is 9.47 Å². The lowest BCUT2D eigenvalue weighted by Crippen LogP contribution is -2.17. The van der Waals surface area contributed by atoms with Gasteiger partial charge in [0.15, 0.2) is 46.5 Å². The molecule has 0 saturated heterocycles. The smallest absolute Gasteiger partial charge is 0.349 e. The molecule has 0 radical (unpaired) electrons. The van der Waals surface area contributed by atoms with Gasteiger partial charge in [0.05, 0.1) is 0 Å². The molecule has 0 aromatic heterocycles. The minimum absolute atomic E-state index is 0.198. The molecule has 0 aliphatic rings. The molecule has 0 spiro atoms. The second-order valence-electron chi connectivity index (χ2n) is 8.50. The van der Waals surface area contributed by atoms with Crippen molar-refractivity contribution >= 4 is 33.5 Å². The molecule has 5 rings (SSSR count). The van der Waals surface area contributed by atoms with Crippen LogP contribution in [-0.2, 0) is 0 Å². The van der Waals surface area contributed by atoms with Crippen LogP contribution >= 0.6 is 0 Å². The molecule has 42 heavy (non-hydrogen) atoms. The van der Waals surface area contributed by atoms with E-state index in [2.05, 4.69) is 0 Å². The van der Waals surface area contributed by atoms with Gasteiger partial charge < -0.3 is 9.47 Å². The molecule has 0 unspecified atom stereocenters. The molecule has 0 saturated carbocycles. The first-order valence-corrected chi connectivity index (χ1v) is 11.3. The van der Waals surface area contributed by atoms with Crippen LogP contribution in [0, 0.1) is 58.2 Å². The number of hydrogen-bond acceptors (Lipinski definition) is 4. The Labute approximate surface area is 226 Å². The van der Waals surface area contributed by atoms with E-state index in [9.17, 15) is 53.5 Å². The number of hydrogen-bond donors (Lipinski definition) is 0. The first-order valence-electron chi connectivity index (χ1n) is 11.3. The Morgan fingerprint density at radius 3 is 0.976 bits per heavy atom. The quantitative estimate of drug-likeness (QED) is 0.0529. The van der Waals surface area contributed by atoms with Crippen LogP contribution in [0.3, 0.4) is 0 Å². The monoisotopic (exact) mass is 598 g/mol. The van der Waals surface area contributed by atoms with Gasteiger partial charge in [-0.15, -0.1) is 0 Å². The molecule has 0 amide bonds. The van der Waals surface area contributed by atoms with Crippen molar-refractivity contribution in [2.75, 3.05) is 0 Å². The van der Waals surface area contributed by atoms with Gasteiger partial charge in [0.25, 0.3) is 0 Å². The van der Waals surface area contributed by atoms with Crippen molar-refractivity contribution in [1.82, 2.24) is 0 Å². The van der Waals surface area contributed by atoms with Crippen LogP contribution in [0.15, 0.2) is 48.5 Å². The fraction of sp³-hybridized carbons (Fsp3) is 0. The third-order valence-electron chi connectivity index (χ3n) is 6.03. The zero-order valence-electron chi connectivity index (χ0n) is 20.0. The molecule has 5 aromatic rings. The Morgan fingerprint density at radius 2 is 0.667 bits per heavy atom. The van der Waals surface area contributed by atoms with Crippen molar-refractivity contribution in [3.8, 4) is 11.5 Å². The number of esters is 2. The Morgan fingerprint density at radius 1 is 0.405 bits per heavy atom. The van der Waals surface area contributed by atoms with Crippen molar-refractivity contribution in [3.05, 3.63) is 118 Å². The van der Waals surface area contributed by atoms with Crippen molar-refractivity contribution in [2.45, 2.75) is 0 Å². The predicted octanol–water partition coefficient (Wildman–Crippen LogP) is 7.82. The fourth-order valence-corrected chi connectivity index (χ4v) is 4.02. The molecule has 0 fully saturated rings. The number of halogens is 10. The van der Waals surface area contributed by atoms with E-state index >= 15 is 0 Å². The number of carbonyl (C=O) groups excluding carboxylic acids is 2. The zero-order chi connectivity index (χ0) is 30.6. The van der Waals surface area contributed by atoms with E-state index in [0.29, 0.717) is 10.8 Å². The summed E-state index contributed by atoms with van der Waals surface area (Å²) in [6.45, 7) is 0. The lowest BCUT2D eigenvalue weighted by molar-refractivity contribution is 0.0711. The van der Waals surface area contributed by atoms with E-state index in [1.165, 1.54) is 12.1 Å². The van der Waals surface area contributed by atoms with Gasteiger partial charge in [0.2, 0.25) is 11.6 Å². The van der Waals surface area contributed by atoms with Crippen LogP contribution in [0.4, 0.5) is 43.9 Å². The summed E-state index contributed by atoms with van der Waals surface area (Å²) in [6, 6.07) is 10.3. The van der Waals surface area contributed by atoms with Gasteiger partial charge in [-0.2, -0.15) is 0 Å². The largest absolute Gasteiger partial charge is 0.423 e. The Hall–Kier alpha value is -5.14. The first kappa shape index (κ1) is 28.4. The average molecular weight is 598 g/mol. The third-order valence-corrected chi connectivity index (χ3v) is 6.03. The maximum Gasteiger partial charge on any atom is 0.349 e. The fourth-order valence-electron chi connectivity index (χ4n) is 4.02. The van der Waals surface area contributed by atoms with Gasteiger partial charge >= 0.3 is 11.9 Å². The molecule has 0 aliphatic carbocycles. The minimum Gasteiger partial charge on any atom is -0.423 e. The van der Waals surface area contributed by atoms with Crippen molar-refractivity contribution < 1.29 is 63.0 Å². The maximum atomic E-state index is 14.0. The van der Waals surface area contributed by atoms with Crippen molar-refractivity contribution in [2.24, 2.45) is 0 Å². The van der Waals surface area contributed by atoms with Gasteiger partial charge in [-0.25, -0.2) is 53.5 Å². The van der Waals surface area contributed by atoms with Crippen LogP contribution in [0.5, 0.6) is 11.5 Å². The van der Waals surface area contributed by atoms with E-state index < -0.39 is 92.7 Å². The highest BCUT2D eigenvalue weighted by molar-refractivity contribution is 6.09. The molecule has 0 N–H and O–H groups in total. The molecular formula is C28H8F10O4. The summed E-state index contributed by atoms with van der Waals surface area (Å²) in [5.74, 6) is -28.7. The van der Waals surface area contributed by atoms with Gasteiger partial charge in [-0.1, -0.05) is 24.3 Å². The second kappa shape index (κ2) is 10.4. The van der Waals surface area contributed by atoms with E-state index in [1.54, 1.807) is 12.1 Å². The SMILES string of the molecule is O=C(Oc1ccc2ccc3ccc(OC(=O)c4c(F)c(F)c(F)c(F)c4F)cc3c2c1)c1c(F)c(F)c(F)c(F)c1F. The van der Waals surface area contributed by atoms with Gasteiger partial charge in [0, 0.05) is 0 Å². The lowest BCUT2D eigenvalue weighted by Gasteiger charge is -2.11. The normalized spacial score (nSPS) is 11.3. The predicted molar refractivity (Wildman–Crippen MR) is 124 cm³/mol. The summed E-state index contributed by atoms with van der Waals surface area (Å²) in [5, 5.41) is 1.23. The summed E-state index contributed by atoms with van der Waals surface area (Å²) in [6.07, 6.45) is 0. The molecule has 14 heteroatoms. The lowest BCUT2D eigenvalue weighted by atomic mass is 10.0. The minimum atomic E-state index is -2.48. The standard InChI is InChI=1S/C28H8F10O4/c29-17-15(18(30)22(34)25(37)21(17)33)27(39)41-11-5-3-9-1-2-10-4-6-12(8-14(10)13(9)7-11)42-28(40)16-19(31)23(35)26(38)24(36)20(16)32/h1-8H. The number of ether oxygens (including phenoxy) is 2. The zero-order valence-corrected chi connectivity index (χ0v) is 20.0. The molecular weight excluding hydrogens is 590 g/mol. The molecule has 4 nitrogen and oxygen atoms in total. The average Bonchev–Trinajstić information content (AvgIpc) is 2.97. The second-order valence-corrected chi connectivity index (χ2v) is 8.50. The molecule has 0 heterocycles. The molecule has 0 bridgehead atoms. The third kappa shape index (κ3) is 4.54. The number of benzene rings is 5. The van der Waals surface area contributed by atoms with Gasteiger partial charge in [0.1, 0.15) is 22.6 Å². The summed E-state index contributed by atoms with van der Waals surface area (Å²) < 4.78 is 147. The Bertz CT molecular complexity index is 1790. The van der Waals surface area contributed by atoms with Crippen molar-refractivity contribution in [1.29, 1.82) is 0 Å². The molecule has 5 aromatic carbocycles. The Kier molecular flexibility index (Phi) is 7.00. The van der Waals surface area contributed by atoms with E-state index in [0.717, 1.165) is 24.3 Å². The summed E-state index contributed by atoms with van der Waals surface area (Å²) in [7, 11) is 0. The maximum absolute atomic E-state index is 14.0. The highest BCUT2D eigenvalue weighted by Gasteiger charge is 2.32. The van der Waals surface area contributed by atoms with E-state index in [1.807, 2.05) is 0 Å². The van der Waals surface area contributed by atoms with Crippen LogP contribution in [0.2, 0.25) is 0 Å². The Balaban J connectivity index is 1.52. The van der Waals surface area contributed by atoms with Crippen LogP contribution in [0.1, 0.15) is 20.7 Å². The molecule has 0 atom stereocenters. The van der Waals surface area contributed by atoms with Crippen molar-refractivity contribution in [3.63, 3.8) is 0 Å². The number of fused-ring (bicyclic) bond motifs is 3. The van der Waals surface area contributed by atoms with E-state index in [4.69, 9.17) is 9.47 Å². The molecule has 0 aliphatic heterocycles.